The van der Waals surface area contributed by atoms with Gasteiger partial charge in [0.1, 0.15) is 6.10 Å². The normalized spacial score (nSPS) is 32.6. The van der Waals surface area contributed by atoms with Crippen molar-refractivity contribution >= 4 is 0 Å². The van der Waals surface area contributed by atoms with Crippen molar-refractivity contribution in [1.82, 2.24) is 5.06 Å². The predicted molar refractivity (Wildman–Crippen MR) is 60.7 cm³/mol. The molecule has 1 saturated heterocycles. The van der Waals surface area contributed by atoms with Gasteiger partial charge in [0.25, 0.3) is 0 Å². The Kier molecular flexibility index (Phi) is 3.40. The van der Waals surface area contributed by atoms with E-state index in [2.05, 4.69) is 0 Å². The predicted octanol–water partition coefficient (Wildman–Crippen LogP) is 1.10. The van der Waals surface area contributed by atoms with Crippen molar-refractivity contribution in [3.63, 3.8) is 0 Å². The van der Waals surface area contributed by atoms with Gasteiger partial charge in [-0.15, -0.1) is 0 Å². The molecule has 1 aliphatic heterocycles. The van der Waals surface area contributed by atoms with Gasteiger partial charge in [0.2, 0.25) is 0 Å². The van der Waals surface area contributed by atoms with Gasteiger partial charge in [-0.25, -0.2) is 0 Å². The van der Waals surface area contributed by atoms with Crippen LogP contribution in [-0.4, -0.2) is 47.4 Å². The molecule has 0 aromatic heterocycles. The molecule has 1 atom stereocenters. The Hall–Kier alpha value is -0.200. The molecule has 0 spiro atoms. The largest absolute Gasteiger partial charge is 0.784 e. The molecule has 0 aliphatic carbocycles. The van der Waals surface area contributed by atoms with E-state index < -0.39 is 23.0 Å². The van der Waals surface area contributed by atoms with Gasteiger partial charge in [-0.1, -0.05) is 0 Å². The van der Waals surface area contributed by atoms with Gasteiger partial charge in [0.15, 0.2) is 5.79 Å². The smallest absolute Gasteiger partial charge is 0.197 e. The van der Waals surface area contributed by atoms with Crippen LogP contribution in [0.4, 0.5) is 0 Å². The fourth-order valence-corrected chi connectivity index (χ4v) is 2.65. The number of hydrogen-bond acceptors (Lipinski definition) is 5. The van der Waals surface area contributed by atoms with E-state index in [0.717, 1.165) is 5.06 Å². The fourth-order valence-electron chi connectivity index (χ4n) is 2.65. The van der Waals surface area contributed by atoms with Crippen LogP contribution in [0.5, 0.6) is 0 Å². The summed E-state index contributed by atoms with van der Waals surface area (Å²) in [5.74, 6) is -1.12. The molecule has 1 fully saturated rings. The number of aliphatic hydroxyl groups excluding tert-OH is 1. The maximum atomic E-state index is 12.1. The van der Waals surface area contributed by atoms with Crippen molar-refractivity contribution in [2.75, 3.05) is 14.2 Å². The highest BCUT2D eigenvalue weighted by Gasteiger charge is 2.56. The van der Waals surface area contributed by atoms with E-state index in [0.29, 0.717) is 6.42 Å². The highest BCUT2D eigenvalue weighted by Crippen LogP contribution is 2.44. The second-order valence-electron chi connectivity index (χ2n) is 5.56. The number of hydroxylamine groups is 2. The van der Waals surface area contributed by atoms with Gasteiger partial charge in [0, 0.05) is 31.7 Å². The Morgan fingerprint density at radius 3 is 2.00 bits per heavy atom. The van der Waals surface area contributed by atoms with Gasteiger partial charge in [0.05, 0.1) is 0 Å². The van der Waals surface area contributed by atoms with E-state index in [1.54, 1.807) is 13.8 Å². The summed E-state index contributed by atoms with van der Waals surface area (Å²) in [5, 5.41) is 23.3. The van der Waals surface area contributed by atoms with Crippen LogP contribution in [0.15, 0.2) is 0 Å². The third-order valence-corrected chi connectivity index (χ3v) is 3.53. The van der Waals surface area contributed by atoms with Gasteiger partial charge in [-0.2, -0.15) is 0 Å². The molecule has 0 radical (unpaired) electrons. The zero-order valence-corrected chi connectivity index (χ0v) is 10.9. The van der Waals surface area contributed by atoms with Gasteiger partial charge >= 0.3 is 0 Å². The summed E-state index contributed by atoms with van der Waals surface area (Å²) < 4.78 is 10.6. The molecular weight excluding hydrogens is 210 g/mol. The van der Waals surface area contributed by atoms with Crippen molar-refractivity contribution in [3.05, 3.63) is 5.21 Å². The third-order valence-electron chi connectivity index (χ3n) is 3.53. The molecular formula is C11H22NO4-. The Bertz CT molecular complexity index is 261. The highest BCUT2D eigenvalue weighted by atomic mass is 16.7. The SMILES string of the molecule is COC1(OC)CC(C)(C)N([O-])C(C)(C)C1O. The first-order valence-corrected chi connectivity index (χ1v) is 5.40. The maximum Gasteiger partial charge on any atom is 0.197 e. The number of methoxy groups -OCH3 is 2. The van der Waals surface area contributed by atoms with Crippen LogP contribution in [0.2, 0.25) is 0 Å². The molecule has 1 rings (SSSR count). The molecule has 0 saturated carbocycles. The van der Waals surface area contributed by atoms with Crippen molar-refractivity contribution in [2.24, 2.45) is 0 Å². The first-order valence-electron chi connectivity index (χ1n) is 5.40. The summed E-state index contributed by atoms with van der Waals surface area (Å²) in [5.41, 5.74) is -1.59. The molecule has 0 aromatic carbocycles. The molecule has 16 heavy (non-hydrogen) atoms. The summed E-state index contributed by atoms with van der Waals surface area (Å²) in [6, 6.07) is 0. The van der Waals surface area contributed by atoms with E-state index in [-0.39, 0.29) is 0 Å². The Morgan fingerprint density at radius 2 is 1.62 bits per heavy atom. The van der Waals surface area contributed by atoms with Crippen LogP contribution in [0, 0.1) is 5.21 Å². The van der Waals surface area contributed by atoms with Crippen molar-refractivity contribution in [3.8, 4) is 0 Å². The van der Waals surface area contributed by atoms with Gasteiger partial charge in [-0.05, 0) is 27.7 Å². The summed E-state index contributed by atoms with van der Waals surface area (Å²) in [4.78, 5) is 0. The molecule has 5 heteroatoms. The van der Waals surface area contributed by atoms with Crippen molar-refractivity contribution in [2.45, 2.75) is 57.1 Å². The van der Waals surface area contributed by atoms with E-state index in [4.69, 9.17) is 9.47 Å². The summed E-state index contributed by atoms with van der Waals surface area (Å²) in [6.07, 6.45) is -0.679. The zero-order chi connectivity index (χ0) is 12.8. The van der Waals surface area contributed by atoms with E-state index in [1.807, 2.05) is 13.8 Å². The Labute approximate surface area is 96.9 Å². The van der Waals surface area contributed by atoms with Crippen LogP contribution in [0.3, 0.4) is 0 Å². The number of ether oxygens (including phenoxy) is 2. The molecule has 0 bridgehead atoms. The van der Waals surface area contributed by atoms with Crippen LogP contribution < -0.4 is 0 Å². The Balaban J connectivity index is 3.19. The summed E-state index contributed by atoms with van der Waals surface area (Å²) >= 11 is 0. The molecule has 1 N–H and O–H groups in total. The molecule has 0 amide bonds. The lowest BCUT2D eigenvalue weighted by atomic mass is 9.75. The lowest BCUT2D eigenvalue weighted by molar-refractivity contribution is -0.318. The Morgan fingerprint density at radius 1 is 1.19 bits per heavy atom. The number of aliphatic hydroxyl groups is 1. The van der Waals surface area contributed by atoms with E-state index in [9.17, 15) is 10.3 Å². The summed E-state index contributed by atoms with van der Waals surface area (Å²) in [7, 11) is 2.97. The molecule has 0 aromatic rings. The number of rotatable bonds is 2. The second kappa shape index (κ2) is 3.92. The fraction of sp³-hybridized carbons (Fsp3) is 1.00. The molecule has 1 aliphatic rings. The molecule has 1 unspecified atom stereocenters. The standard InChI is InChI=1S/C11H22NO4/c1-9(2)7-11(15-5,16-6)8(13)10(3,4)12(9)14/h8,13H,7H2,1-6H3/q-1. The van der Waals surface area contributed by atoms with E-state index in [1.165, 1.54) is 14.2 Å². The first kappa shape index (κ1) is 13.9. The highest BCUT2D eigenvalue weighted by molar-refractivity contribution is 5.09. The quantitative estimate of drug-likeness (QED) is 0.722. The van der Waals surface area contributed by atoms with Crippen LogP contribution in [0.1, 0.15) is 34.1 Å². The van der Waals surface area contributed by atoms with E-state index >= 15 is 0 Å². The van der Waals surface area contributed by atoms with Crippen LogP contribution in [-0.2, 0) is 9.47 Å². The minimum absolute atomic E-state index is 0.321. The molecule has 96 valence electrons. The van der Waals surface area contributed by atoms with Gasteiger partial charge < -0.3 is 24.9 Å². The lowest BCUT2D eigenvalue weighted by Crippen LogP contribution is -2.72. The second-order valence-corrected chi connectivity index (χ2v) is 5.56. The van der Waals surface area contributed by atoms with Crippen LogP contribution >= 0.6 is 0 Å². The summed E-state index contributed by atoms with van der Waals surface area (Å²) in [6.45, 7) is 7.03. The minimum Gasteiger partial charge on any atom is -0.784 e. The average Bonchev–Trinajstić information content (AvgIpc) is 2.22. The zero-order valence-electron chi connectivity index (χ0n) is 10.9. The van der Waals surface area contributed by atoms with Crippen molar-refractivity contribution < 1.29 is 14.6 Å². The maximum absolute atomic E-state index is 12.1. The topological polar surface area (TPSA) is 65.0 Å². The lowest BCUT2D eigenvalue weighted by Gasteiger charge is -2.64. The third kappa shape index (κ3) is 1.76. The first-order chi connectivity index (χ1) is 7.14. The molecule has 1 heterocycles. The monoisotopic (exact) mass is 232 g/mol. The molecule has 5 nitrogen and oxygen atoms in total. The number of hydrogen-bond donors (Lipinski definition) is 1. The number of nitrogens with zero attached hydrogens (tertiary/aromatic N) is 1. The average molecular weight is 232 g/mol. The van der Waals surface area contributed by atoms with Gasteiger partial charge in [-0.3, -0.25) is 0 Å². The number of piperidine rings is 1. The van der Waals surface area contributed by atoms with Crippen LogP contribution in [0.25, 0.3) is 0 Å². The minimum atomic E-state index is -1.12. The van der Waals surface area contributed by atoms with Crippen molar-refractivity contribution in [1.29, 1.82) is 0 Å².